The second-order valence-electron chi connectivity index (χ2n) is 5.13. The molecule has 2 rings (SSSR count). The second kappa shape index (κ2) is 5.40. The summed E-state index contributed by atoms with van der Waals surface area (Å²) in [5.41, 5.74) is 9.30. The number of carbonyl (C=O) groups is 1. The molecule has 2 N–H and O–H groups in total. The Hall–Kier alpha value is -1.55. The number of hydrogen-bond acceptors (Lipinski definition) is 3. The zero-order chi connectivity index (χ0) is 13.1. The van der Waals surface area contributed by atoms with E-state index in [1.54, 1.807) is 19.0 Å². The SMILES string of the molecule is CN(C)C(=O)CCCN1Cc2ccc(N)cc2C1. The molecule has 4 nitrogen and oxygen atoms in total. The van der Waals surface area contributed by atoms with Gasteiger partial charge in [-0.1, -0.05) is 6.07 Å². The van der Waals surface area contributed by atoms with Crippen LogP contribution in [-0.2, 0) is 17.9 Å². The van der Waals surface area contributed by atoms with Gasteiger partial charge in [-0.2, -0.15) is 0 Å². The lowest BCUT2D eigenvalue weighted by molar-refractivity contribution is -0.128. The Kier molecular flexibility index (Phi) is 3.87. The van der Waals surface area contributed by atoms with Crippen LogP contribution < -0.4 is 5.73 Å². The average molecular weight is 247 g/mol. The van der Waals surface area contributed by atoms with Gasteiger partial charge in [0.15, 0.2) is 0 Å². The van der Waals surface area contributed by atoms with Gasteiger partial charge in [-0.3, -0.25) is 9.69 Å². The molecule has 0 fully saturated rings. The molecule has 98 valence electrons. The number of nitrogens with zero attached hydrogens (tertiary/aromatic N) is 2. The van der Waals surface area contributed by atoms with Crippen molar-refractivity contribution in [3.8, 4) is 0 Å². The minimum absolute atomic E-state index is 0.205. The van der Waals surface area contributed by atoms with E-state index in [0.29, 0.717) is 6.42 Å². The summed E-state index contributed by atoms with van der Waals surface area (Å²) in [6.07, 6.45) is 1.54. The standard InChI is InChI=1S/C14H21N3O/c1-16(2)14(18)4-3-7-17-9-11-5-6-13(15)8-12(11)10-17/h5-6,8H,3-4,7,9-10,15H2,1-2H3. The van der Waals surface area contributed by atoms with Crippen LogP contribution in [0, 0.1) is 0 Å². The summed E-state index contributed by atoms with van der Waals surface area (Å²) in [5, 5.41) is 0. The molecule has 18 heavy (non-hydrogen) atoms. The fraction of sp³-hybridized carbons (Fsp3) is 0.500. The Bertz CT molecular complexity index is 443. The Labute approximate surface area is 108 Å². The molecule has 1 aliphatic rings. The van der Waals surface area contributed by atoms with Crippen molar-refractivity contribution in [3.05, 3.63) is 29.3 Å². The van der Waals surface area contributed by atoms with Gasteiger partial charge in [-0.05, 0) is 36.2 Å². The van der Waals surface area contributed by atoms with E-state index in [1.807, 2.05) is 6.07 Å². The molecule has 0 radical (unpaired) electrons. The molecule has 0 unspecified atom stereocenters. The maximum Gasteiger partial charge on any atom is 0.222 e. The normalized spacial score (nSPS) is 14.6. The maximum absolute atomic E-state index is 11.5. The topological polar surface area (TPSA) is 49.6 Å². The molecule has 0 aromatic heterocycles. The largest absolute Gasteiger partial charge is 0.399 e. The van der Waals surface area contributed by atoms with Crippen molar-refractivity contribution in [2.75, 3.05) is 26.4 Å². The number of anilines is 1. The highest BCUT2D eigenvalue weighted by molar-refractivity contribution is 5.75. The minimum Gasteiger partial charge on any atom is -0.399 e. The van der Waals surface area contributed by atoms with Gasteiger partial charge in [0, 0.05) is 39.3 Å². The van der Waals surface area contributed by atoms with Crippen LogP contribution in [0.4, 0.5) is 5.69 Å². The Morgan fingerprint density at radius 1 is 1.33 bits per heavy atom. The number of amides is 1. The monoisotopic (exact) mass is 247 g/mol. The molecule has 0 saturated heterocycles. The predicted molar refractivity (Wildman–Crippen MR) is 72.9 cm³/mol. The van der Waals surface area contributed by atoms with Gasteiger partial charge in [-0.25, -0.2) is 0 Å². The third-order valence-corrected chi connectivity index (χ3v) is 3.38. The van der Waals surface area contributed by atoms with E-state index in [9.17, 15) is 4.79 Å². The second-order valence-corrected chi connectivity index (χ2v) is 5.13. The van der Waals surface area contributed by atoms with E-state index in [-0.39, 0.29) is 5.91 Å². The Balaban J connectivity index is 1.80. The van der Waals surface area contributed by atoms with Crippen molar-refractivity contribution in [1.29, 1.82) is 0 Å². The molecule has 1 aliphatic heterocycles. The number of nitrogen functional groups attached to an aromatic ring is 1. The average Bonchev–Trinajstić information content (AvgIpc) is 2.70. The maximum atomic E-state index is 11.5. The molecule has 1 heterocycles. The summed E-state index contributed by atoms with van der Waals surface area (Å²) in [6, 6.07) is 6.12. The molecule has 1 amide bonds. The minimum atomic E-state index is 0.205. The lowest BCUT2D eigenvalue weighted by atomic mass is 10.1. The fourth-order valence-electron chi connectivity index (χ4n) is 2.32. The smallest absolute Gasteiger partial charge is 0.222 e. The van der Waals surface area contributed by atoms with Gasteiger partial charge >= 0.3 is 0 Å². The van der Waals surface area contributed by atoms with Crippen LogP contribution in [0.1, 0.15) is 24.0 Å². The van der Waals surface area contributed by atoms with E-state index in [0.717, 1.165) is 31.7 Å². The van der Waals surface area contributed by atoms with Gasteiger partial charge in [0.25, 0.3) is 0 Å². The van der Waals surface area contributed by atoms with Gasteiger partial charge in [-0.15, -0.1) is 0 Å². The van der Waals surface area contributed by atoms with Crippen LogP contribution in [0.15, 0.2) is 18.2 Å². The van der Waals surface area contributed by atoms with Crippen LogP contribution in [-0.4, -0.2) is 36.3 Å². The molecule has 0 saturated carbocycles. The first-order valence-corrected chi connectivity index (χ1v) is 6.36. The number of fused-ring (bicyclic) bond motifs is 1. The molecule has 1 aromatic carbocycles. The van der Waals surface area contributed by atoms with Gasteiger partial charge < -0.3 is 10.6 Å². The molecular formula is C14H21N3O. The number of nitrogens with two attached hydrogens (primary N) is 1. The first kappa shape index (κ1) is 12.9. The summed E-state index contributed by atoms with van der Waals surface area (Å²) in [4.78, 5) is 15.5. The van der Waals surface area contributed by atoms with Gasteiger partial charge in [0.1, 0.15) is 0 Å². The molecule has 4 heteroatoms. The van der Waals surface area contributed by atoms with E-state index >= 15 is 0 Å². The lowest BCUT2D eigenvalue weighted by Gasteiger charge is -2.15. The third kappa shape index (κ3) is 3.01. The highest BCUT2D eigenvalue weighted by Crippen LogP contribution is 2.24. The molecule has 0 spiro atoms. The quantitative estimate of drug-likeness (QED) is 0.819. The Morgan fingerprint density at radius 2 is 2.06 bits per heavy atom. The summed E-state index contributed by atoms with van der Waals surface area (Å²) < 4.78 is 0. The molecule has 0 atom stereocenters. The van der Waals surface area contributed by atoms with Crippen molar-refractivity contribution in [2.45, 2.75) is 25.9 Å². The number of carbonyl (C=O) groups excluding carboxylic acids is 1. The third-order valence-electron chi connectivity index (χ3n) is 3.38. The van der Waals surface area contributed by atoms with Crippen molar-refractivity contribution in [1.82, 2.24) is 9.80 Å². The van der Waals surface area contributed by atoms with Gasteiger partial charge in [0.05, 0.1) is 0 Å². The van der Waals surface area contributed by atoms with Gasteiger partial charge in [0.2, 0.25) is 5.91 Å². The molecule has 0 aliphatic carbocycles. The zero-order valence-electron chi connectivity index (χ0n) is 11.1. The number of rotatable bonds is 4. The summed E-state index contributed by atoms with van der Waals surface area (Å²) in [5.74, 6) is 0.205. The van der Waals surface area contributed by atoms with Crippen molar-refractivity contribution in [3.63, 3.8) is 0 Å². The summed E-state index contributed by atoms with van der Waals surface area (Å²) in [7, 11) is 3.60. The summed E-state index contributed by atoms with van der Waals surface area (Å²) in [6.45, 7) is 2.90. The van der Waals surface area contributed by atoms with E-state index in [1.165, 1.54) is 11.1 Å². The highest BCUT2D eigenvalue weighted by Gasteiger charge is 2.18. The predicted octanol–water partition coefficient (Wildman–Crippen LogP) is 1.45. The zero-order valence-corrected chi connectivity index (χ0v) is 11.1. The van der Waals surface area contributed by atoms with Crippen molar-refractivity contribution in [2.24, 2.45) is 0 Å². The first-order valence-electron chi connectivity index (χ1n) is 6.36. The van der Waals surface area contributed by atoms with Crippen LogP contribution in [0.5, 0.6) is 0 Å². The van der Waals surface area contributed by atoms with Crippen molar-refractivity contribution >= 4 is 11.6 Å². The van der Waals surface area contributed by atoms with Crippen LogP contribution in [0.25, 0.3) is 0 Å². The van der Waals surface area contributed by atoms with Crippen LogP contribution in [0.3, 0.4) is 0 Å². The lowest BCUT2D eigenvalue weighted by Crippen LogP contribution is -2.24. The molecular weight excluding hydrogens is 226 g/mol. The molecule has 0 bridgehead atoms. The van der Waals surface area contributed by atoms with Crippen LogP contribution in [0.2, 0.25) is 0 Å². The highest BCUT2D eigenvalue weighted by atomic mass is 16.2. The summed E-state index contributed by atoms with van der Waals surface area (Å²) >= 11 is 0. The number of benzene rings is 1. The fourth-order valence-corrected chi connectivity index (χ4v) is 2.32. The molecule has 1 aromatic rings. The van der Waals surface area contributed by atoms with E-state index in [2.05, 4.69) is 17.0 Å². The van der Waals surface area contributed by atoms with E-state index < -0.39 is 0 Å². The number of hydrogen-bond donors (Lipinski definition) is 1. The Morgan fingerprint density at radius 3 is 2.78 bits per heavy atom. The van der Waals surface area contributed by atoms with Crippen molar-refractivity contribution < 1.29 is 4.79 Å². The first-order chi connectivity index (χ1) is 8.56. The van der Waals surface area contributed by atoms with E-state index in [4.69, 9.17) is 5.73 Å². The van der Waals surface area contributed by atoms with Crippen LogP contribution >= 0.6 is 0 Å².